The van der Waals surface area contributed by atoms with Gasteiger partial charge >= 0.3 is 5.97 Å². The summed E-state index contributed by atoms with van der Waals surface area (Å²) in [5.41, 5.74) is 3.28. The first-order valence-corrected chi connectivity index (χ1v) is 9.90. The minimum atomic E-state index is -0.341. The third-order valence-corrected chi connectivity index (χ3v) is 5.77. The van der Waals surface area contributed by atoms with Gasteiger partial charge in [0.15, 0.2) is 0 Å². The number of rotatable bonds is 4. The zero-order valence-electron chi connectivity index (χ0n) is 15.7. The predicted octanol–water partition coefficient (Wildman–Crippen LogP) is 5.00. The van der Waals surface area contributed by atoms with Gasteiger partial charge in [-0.05, 0) is 63.6 Å². The number of hydrogen-bond donors (Lipinski definition) is 1. The van der Waals surface area contributed by atoms with E-state index in [9.17, 15) is 9.59 Å². The number of carbonyl (C=O) groups excluding carboxylic acids is 2. The highest BCUT2D eigenvalue weighted by Gasteiger charge is 2.29. The summed E-state index contributed by atoms with van der Waals surface area (Å²) in [5.74, 6) is 0.0530. The van der Waals surface area contributed by atoms with Crippen LogP contribution >= 0.6 is 11.3 Å². The number of nitrogens with one attached hydrogen (secondary N) is 1. The minimum Gasteiger partial charge on any atom is -0.459 e. The average Bonchev–Trinajstić information content (AvgIpc) is 2.91. The Morgan fingerprint density at radius 2 is 1.92 bits per heavy atom. The zero-order valence-corrected chi connectivity index (χ0v) is 16.5. The summed E-state index contributed by atoms with van der Waals surface area (Å²) in [4.78, 5) is 26.5. The van der Waals surface area contributed by atoms with Gasteiger partial charge in [0.05, 0.1) is 11.7 Å². The molecule has 26 heavy (non-hydrogen) atoms. The number of aryl methyl sites for hydroxylation is 1. The van der Waals surface area contributed by atoms with Gasteiger partial charge in [-0.2, -0.15) is 0 Å². The van der Waals surface area contributed by atoms with Gasteiger partial charge in [0.25, 0.3) is 5.91 Å². The van der Waals surface area contributed by atoms with Crippen LogP contribution in [0.2, 0.25) is 0 Å². The number of benzene rings is 1. The van der Waals surface area contributed by atoms with Crippen molar-refractivity contribution in [1.29, 1.82) is 0 Å². The number of amides is 1. The van der Waals surface area contributed by atoms with Gasteiger partial charge in [0, 0.05) is 10.4 Å². The van der Waals surface area contributed by atoms with Gasteiger partial charge < -0.3 is 10.1 Å². The first-order chi connectivity index (χ1) is 12.3. The Labute approximate surface area is 158 Å². The molecule has 0 bridgehead atoms. The summed E-state index contributed by atoms with van der Waals surface area (Å²) in [7, 11) is 0. The van der Waals surface area contributed by atoms with Crippen LogP contribution in [0.1, 0.15) is 63.9 Å². The Morgan fingerprint density at radius 3 is 2.58 bits per heavy atom. The lowest BCUT2D eigenvalue weighted by atomic mass is 9.88. The molecule has 1 aromatic heterocycles. The average molecular weight is 372 g/mol. The largest absolute Gasteiger partial charge is 0.459 e. The molecule has 1 aliphatic rings. The normalized spacial score (nSPS) is 16.3. The van der Waals surface area contributed by atoms with E-state index in [2.05, 4.69) is 12.2 Å². The third-order valence-electron chi connectivity index (χ3n) is 4.60. The van der Waals surface area contributed by atoms with Crippen LogP contribution in [0.5, 0.6) is 0 Å². The maximum absolute atomic E-state index is 12.7. The van der Waals surface area contributed by atoms with Crippen molar-refractivity contribution in [3.8, 4) is 0 Å². The summed E-state index contributed by atoms with van der Waals surface area (Å²) in [5, 5.41) is 3.56. The molecule has 0 aliphatic heterocycles. The predicted molar refractivity (Wildman–Crippen MR) is 105 cm³/mol. The molecule has 1 amide bonds. The van der Waals surface area contributed by atoms with Gasteiger partial charge in [-0.25, -0.2) is 4.79 Å². The molecule has 1 N–H and O–H groups in total. The number of ether oxygens (including phenoxy) is 1. The molecule has 0 spiro atoms. The Hall–Kier alpha value is -2.14. The molecule has 1 heterocycles. The number of hydrogen-bond acceptors (Lipinski definition) is 4. The second-order valence-corrected chi connectivity index (χ2v) is 8.44. The summed E-state index contributed by atoms with van der Waals surface area (Å²) < 4.78 is 5.45. The van der Waals surface area contributed by atoms with Crippen molar-refractivity contribution in [3.05, 3.63) is 51.4 Å². The highest BCUT2D eigenvalue weighted by molar-refractivity contribution is 7.17. The summed E-state index contributed by atoms with van der Waals surface area (Å²) >= 11 is 1.51. The van der Waals surface area contributed by atoms with Gasteiger partial charge in [0.1, 0.15) is 5.00 Å². The molecule has 2 aromatic rings. The lowest BCUT2D eigenvalue weighted by molar-refractivity contribution is 0.0378. The number of thiophene rings is 1. The monoisotopic (exact) mass is 371 g/mol. The van der Waals surface area contributed by atoms with Crippen LogP contribution in [0.4, 0.5) is 5.00 Å². The summed E-state index contributed by atoms with van der Waals surface area (Å²) in [6.07, 6.45) is 2.66. The summed E-state index contributed by atoms with van der Waals surface area (Å²) in [6.45, 7) is 7.88. The van der Waals surface area contributed by atoms with Gasteiger partial charge in [-0.1, -0.05) is 24.6 Å². The number of fused-ring (bicyclic) bond motifs is 1. The van der Waals surface area contributed by atoms with E-state index >= 15 is 0 Å². The topological polar surface area (TPSA) is 55.4 Å². The Kier molecular flexibility index (Phi) is 5.47. The van der Waals surface area contributed by atoms with Crippen molar-refractivity contribution in [3.63, 3.8) is 0 Å². The first kappa shape index (κ1) is 18.6. The zero-order chi connectivity index (χ0) is 18.8. The minimum absolute atomic E-state index is 0.193. The fourth-order valence-electron chi connectivity index (χ4n) is 3.21. The summed E-state index contributed by atoms with van der Waals surface area (Å²) in [6, 6.07) is 7.41. The second kappa shape index (κ2) is 7.62. The molecule has 138 valence electrons. The molecule has 0 saturated heterocycles. The number of anilines is 1. The van der Waals surface area contributed by atoms with Crippen molar-refractivity contribution in [2.75, 3.05) is 5.32 Å². The van der Waals surface area contributed by atoms with Crippen molar-refractivity contribution < 1.29 is 14.3 Å². The third kappa shape index (κ3) is 3.98. The fourth-order valence-corrected chi connectivity index (χ4v) is 4.60. The van der Waals surface area contributed by atoms with Gasteiger partial charge in [-0.3, -0.25) is 4.79 Å². The van der Waals surface area contributed by atoms with Crippen LogP contribution in [0.3, 0.4) is 0 Å². The van der Waals surface area contributed by atoms with Crippen molar-refractivity contribution in [2.45, 2.75) is 53.1 Å². The van der Waals surface area contributed by atoms with E-state index in [1.807, 2.05) is 32.9 Å². The van der Waals surface area contributed by atoms with Crippen LogP contribution in [0.15, 0.2) is 24.3 Å². The molecular formula is C21H25NO3S. The van der Waals surface area contributed by atoms with Crippen LogP contribution < -0.4 is 5.32 Å². The maximum atomic E-state index is 12.7. The number of carbonyl (C=O) groups is 2. The molecule has 0 radical (unpaired) electrons. The highest BCUT2D eigenvalue weighted by Crippen LogP contribution is 2.40. The Bertz CT molecular complexity index is 821. The van der Waals surface area contributed by atoms with Crippen LogP contribution in [-0.4, -0.2) is 18.0 Å². The molecule has 1 atom stereocenters. The molecule has 0 saturated carbocycles. The van der Waals surface area contributed by atoms with Crippen molar-refractivity contribution >= 4 is 28.2 Å². The van der Waals surface area contributed by atoms with Crippen molar-refractivity contribution in [2.24, 2.45) is 5.92 Å². The van der Waals surface area contributed by atoms with Crippen LogP contribution in [-0.2, 0) is 17.6 Å². The molecule has 1 unspecified atom stereocenters. The van der Waals surface area contributed by atoms with E-state index < -0.39 is 0 Å². The molecular weight excluding hydrogens is 346 g/mol. The lowest BCUT2D eigenvalue weighted by Gasteiger charge is -2.18. The van der Waals surface area contributed by atoms with E-state index in [0.29, 0.717) is 22.0 Å². The molecule has 3 rings (SSSR count). The van der Waals surface area contributed by atoms with Crippen LogP contribution in [0, 0.1) is 12.8 Å². The maximum Gasteiger partial charge on any atom is 0.341 e. The lowest BCUT2D eigenvalue weighted by Crippen LogP contribution is -2.18. The van der Waals surface area contributed by atoms with Crippen molar-refractivity contribution in [1.82, 2.24) is 0 Å². The van der Waals surface area contributed by atoms with E-state index in [-0.39, 0.29) is 18.0 Å². The molecule has 5 heteroatoms. The van der Waals surface area contributed by atoms with Gasteiger partial charge in [-0.15, -0.1) is 11.3 Å². The van der Waals surface area contributed by atoms with E-state index in [1.54, 1.807) is 12.1 Å². The SMILES string of the molecule is Cc1ccc(C(=O)Nc2sc3c(c2C(=O)OC(C)C)CCC(C)C3)cc1. The quantitative estimate of drug-likeness (QED) is 0.770. The molecule has 1 aliphatic carbocycles. The van der Waals surface area contributed by atoms with E-state index in [4.69, 9.17) is 4.74 Å². The van der Waals surface area contributed by atoms with Gasteiger partial charge in [0.2, 0.25) is 0 Å². The second-order valence-electron chi connectivity index (χ2n) is 7.33. The Morgan fingerprint density at radius 1 is 1.23 bits per heavy atom. The van der Waals surface area contributed by atoms with E-state index in [1.165, 1.54) is 16.2 Å². The Balaban J connectivity index is 1.93. The smallest absolute Gasteiger partial charge is 0.341 e. The van der Waals surface area contributed by atoms with Crippen LogP contribution in [0.25, 0.3) is 0 Å². The molecule has 0 fully saturated rings. The standard InChI is InChI=1S/C21H25NO3S/c1-12(2)25-21(24)18-16-10-7-14(4)11-17(16)26-20(18)22-19(23)15-8-5-13(3)6-9-15/h5-6,8-9,12,14H,7,10-11H2,1-4H3,(H,22,23). The first-order valence-electron chi connectivity index (χ1n) is 9.08. The highest BCUT2D eigenvalue weighted by atomic mass is 32.1. The molecule has 4 nitrogen and oxygen atoms in total. The van der Waals surface area contributed by atoms with E-state index in [0.717, 1.165) is 30.4 Å². The number of esters is 1. The molecule has 1 aromatic carbocycles. The fraction of sp³-hybridized carbons (Fsp3) is 0.429.